The average molecular weight is 276 g/mol. The van der Waals surface area contributed by atoms with E-state index in [4.69, 9.17) is 14.6 Å². The first-order valence-corrected chi connectivity index (χ1v) is 6.12. The van der Waals surface area contributed by atoms with Gasteiger partial charge in [0.1, 0.15) is 5.82 Å². The van der Waals surface area contributed by atoms with Crippen molar-refractivity contribution < 1.29 is 19.4 Å². The van der Waals surface area contributed by atoms with Crippen LogP contribution in [0.3, 0.4) is 0 Å². The third-order valence-corrected chi connectivity index (χ3v) is 2.89. The molecule has 20 heavy (non-hydrogen) atoms. The Kier molecular flexibility index (Phi) is 4.24. The summed E-state index contributed by atoms with van der Waals surface area (Å²) in [5, 5.41) is 8.68. The van der Waals surface area contributed by atoms with E-state index in [0.29, 0.717) is 23.7 Å². The van der Waals surface area contributed by atoms with Crippen LogP contribution in [0, 0.1) is 0 Å². The number of carboxylic acids is 1. The molecule has 0 radical (unpaired) electrons. The van der Waals surface area contributed by atoms with E-state index in [9.17, 15) is 4.79 Å². The van der Waals surface area contributed by atoms with E-state index in [2.05, 4.69) is 9.97 Å². The molecule has 2 aromatic rings. The Morgan fingerprint density at radius 2 is 2.15 bits per heavy atom. The van der Waals surface area contributed by atoms with E-state index in [0.717, 1.165) is 11.3 Å². The molecule has 0 aliphatic heterocycles. The molecule has 106 valence electrons. The van der Waals surface area contributed by atoms with Crippen molar-refractivity contribution >= 4 is 5.97 Å². The summed E-state index contributed by atoms with van der Waals surface area (Å²) < 4.78 is 10.6. The lowest BCUT2D eigenvalue weighted by Crippen LogP contribution is -1.97. The third-order valence-electron chi connectivity index (χ3n) is 2.89. The minimum Gasteiger partial charge on any atom is -0.493 e. The number of aliphatic carboxylic acids is 1. The number of aryl methyl sites for hydroxylation is 1. The zero-order valence-electron chi connectivity index (χ0n) is 11.3. The van der Waals surface area contributed by atoms with Crippen molar-refractivity contribution in [1.82, 2.24) is 9.97 Å². The number of ether oxygens (including phenoxy) is 2. The Bertz CT molecular complexity index is 607. The lowest BCUT2D eigenvalue weighted by molar-refractivity contribution is -0.136. The second kappa shape index (κ2) is 6.10. The third kappa shape index (κ3) is 2.90. The summed E-state index contributed by atoms with van der Waals surface area (Å²) in [5.41, 5.74) is 1.54. The predicted molar refractivity (Wildman–Crippen MR) is 73.1 cm³/mol. The van der Waals surface area contributed by atoms with Crippen LogP contribution in [0.4, 0.5) is 0 Å². The molecule has 6 nitrogen and oxygen atoms in total. The molecule has 0 aliphatic carbocycles. The van der Waals surface area contributed by atoms with Crippen LogP contribution in [-0.2, 0) is 11.2 Å². The van der Waals surface area contributed by atoms with Crippen LogP contribution in [0.5, 0.6) is 11.5 Å². The molecule has 2 N–H and O–H groups in total. The van der Waals surface area contributed by atoms with E-state index in [1.807, 2.05) is 12.1 Å². The van der Waals surface area contributed by atoms with Crippen molar-refractivity contribution in [3.63, 3.8) is 0 Å². The van der Waals surface area contributed by atoms with Crippen LogP contribution in [0.15, 0.2) is 24.4 Å². The van der Waals surface area contributed by atoms with Gasteiger partial charge in [0.2, 0.25) is 0 Å². The maximum Gasteiger partial charge on any atom is 0.303 e. The van der Waals surface area contributed by atoms with E-state index in [1.54, 1.807) is 26.5 Å². The summed E-state index contributed by atoms with van der Waals surface area (Å²) in [4.78, 5) is 17.9. The normalized spacial score (nSPS) is 10.3. The first-order chi connectivity index (χ1) is 9.65. The van der Waals surface area contributed by atoms with Gasteiger partial charge in [-0.3, -0.25) is 4.79 Å². The van der Waals surface area contributed by atoms with Crippen LogP contribution >= 0.6 is 0 Å². The smallest absolute Gasteiger partial charge is 0.303 e. The predicted octanol–water partition coefficient (Wildman–Crippen LogP) is 2.11. The number of methoxy groups -OCH3 is 2. The maximum atomic E-state index is 10.6. The molecule has 0 spiro atoms. The largest absolute Gasteiger partial charge is 0.493 e. The minimum absolute atomic E-state index is 0.0663. The number of aromatic amines is 1. The molecule has 0 fully saturated rings. The highest BCUT2D eigenvalue weighted by Crippen LogP contribution is 2.36. The number of hydrogen-bond acceptors (Lipinski definition) is 4. The molecule has 0 saturated heterocycles. The van der Waals surface area contributed by atoms with Gasteiger partial charge in [0.25, 0.3) is 0 Å². The molecule has 0 unspecified atom stereocenters. The molecule has 0 atom stereocenters. The second-order valence-corrected chi connectivity index (χ2v) is 4.19. The summed E-state index contributed by atoms with van der Waals surface area (Å²) in [5.74, 6) is 1.00. The number of nitrogens with one attached hydrogen (secondary N) is 1. The summed E-state index contributed by atoms with van der Waals surface area (Å²) in [7, 11) is 3.14. The van der Waals surface area contributed by atoms with E-state index in [-0.39, 0.29) is 6.42 Å². The van der Waals surface area contributed by atoms with Gasteiger partial charge in [0.05, 0.1) is 26.2 Å². The van der Waals surface area contributed by atoms with Crippen LogP contribution in [-0.4, -0.2) is 35.3 Å². The molecule has 6 heteroatoms. The molecule has 0 saturated carbocycles. The van der Waals surface area contributed by atoms with Gasteiger partial charge >= 0.3 is 5.97 Å². The SMILES string of the molecule is COc1cccc(-c2ncc(CCC(=O)O)[nH]2)c1OC. The molecule has 0 bridgehead atoms. The number of H-pyrrole nitrogens is 1. The van der Waals surface area contributed by atoms with Crippen molar-refractivity contribution in [2.45, 2.75) is 12.8 Å². The second-order valence-electron chi connectivity index (χ2n) is 4.19. The zero-order chi connectivity index (χ0) is 14.5. The van der Waals surface area contributed by atoms with Crippen LogP contribution in [0.1, 0.15) is 12.1 Å². The summed E-state index contributed by atoms with van der Waals surface area (Å²) in [6, 6.07) is 5.51. The Balaban J connectivity index is 2.30. The summed E-state index contributed by atoms with van der Waals surface area (Å²) in [6.45, 7) is 0. The standard InChI is InChI=1S/C14H16N2O4/c1-19-11-5-3-4-10(13(11)20-2)14-15-8-9(16-14)6-7-12(17)18/h3-5,8H,6-7H2,1-2H3,(H,15,16)(H,17,18). The van der Waals surface area contributed by atoms with E-state index in [1.165, 1.54) is 0 Å². The highest BCUT2D eigenvalue weighted by molar-refractivity contribution is 5.69. The average Bonchev–Trinajstić information content (AvgIpc) is 2.92. The number of rotatable bonds is 6. The topological polar surface area (TPSA) is 84.4 Å². The van der Waals surface area contributed by atoms with Crippen LogP contribution in [0.25, 0.3) is 11.4 Å². The van der Waals surface area contributed by atoms with Crippen molar-refractivity contribution in [1.29, 1.82) is 0 Å². The molecular formula is C14H16N2O4. The van der Waals surface area contributed by atoms with Gasteiger partial charge in [-0.05, 0) is 18.6 Å². The number of nitrogens with zero attached hydrogens (tertiary/aromatic N) is 1. The Morgan fingerprint density at radius 1 is 1.35 bits per heavy atom. The number of hydrogen-bond donors (Lipinski definition) is 2. The monoisotopic (exact) mass is 276 g/mol. The Hall–Kier alpha value is -2.50. The molecular weight excluding hydrogens is 260 g/mol. The Labute approximate surface area is 116 Å². The molecule has 0 amide bonds. The number of carbonyl (C=O) groups is 1. The van der Waals surface area contributed by atoms with Crippen molar-refractivity contribution in [2.24, 2.45) is 0 Å². The van der Waals surface area contributed by atoms with Crippen molar-refractivity contribution in [2.75, 3.05) is 14.2 Å². The number of imidazole rings is 1. The van der Waals surface area contributed by atoms with Gasteiger partial charge in [-0.1, -0.05) is 6.07 Å². The molecule has 1 aromatic carbocycles. The maximum absolute atomic E-state index is 10.6. The highest BCUT2D eigenvalue weighted by Gasteiger charge is 2.14. The summed E-state index contributed by atoms with van der Waals surface area (Å²) >= 11 is 0. The first-order valence-electron chi connectivity index (χ1n) is 6.12. The number of para-hydroxylation sites is 1. The number of aromatic nitrogens is 2. The fourth-order valence-electron chi connectivity index (χ4n) is 1.94. The molecule has 0 aliphatic rings. The van der Waals surface area contributed by atoms with Gasteiger partial charge < -0.3 is 19.6 Å². The van der Waals surface area contributed by atoms with E-state index >= 15 is 0 Å². The van der Waals surface area contributed by atoms with Gasteiger partial charge in [-0.15, -0.1) is 0 Å². The number of carboxylic acid groups (broad SMARTS) is 1. The highest BCUT2D eigenvalue weighted by atomic mass is 16.5. The molecule has 1 aromatic heterocycles. The number of benzene rings is 1. The van der Waals surface area contributed by atoms with Gasteiger partial charge in [-0.25, -0.2) is 4.98 Å². The summed E-state index contributed by atoms with van der Waals surface area (Å²) in [6.07, 6.45) is 2.11. The zero-order valence-corrected chi connectivity index (χ0v) is 11.3. The fourth-order valence-corrected chi connectivity index (χ4v) is 1.94. The van der Waals surface area contributed by atoms with Crippen LogP contribution in [0.2, 0.25) is 0 Å². The molecule has 1 heterocycles. The Morgan fingerprint density at radius 3 is 2.80 bits per heavy atom. The van der Waals surface area contributed by atoms with Gasteiger partial charge in [0.15, 0.2) is 11.5 Å². The van der Waals surface area contributed by atoms with Crippen molar-refractivity contribution in [3.05, 3.63) is 30.1 Å². The first kappa shape index (κ1) is 13.9. The minimum atomic E-state index is -0.833. The van der Waals surface area contributed by atoms with Crippen molar-refractivity contribution in [3.8, 4) is 22.9 Å². The fraction of sp³-hybridized carbons (Fsp3) is 0.286. The lowest BCUT2D eigenvalue weighted by Gasteiger charge is -2.10. The van der Waals surface area contributed by atoms with E-state index < -0.39 is 5.97 Å². The quantitative estimate of drug-likeness (QED) is 0.844. The van der Waals surface area contributed by atoms with Gasteiger partial charge in [-0.2, -0.15) is 0 Å². The lowest BCUT2D eigenvalue weighted by atomic mass is 10.1. The van der Waals surface area contributed by atoms with Gasteiger partial charge in [0, 0.05) is 11.9 Å². The molecule has 2 rings (SSSR count). The van der Waals surface area contributed by atoms with Crippen LogP contribution < -0.4 is 9.47 Å².